The van der Waals surface area contributed by atoms with Gasteiger partial charge in [0.15, 0.2) is 0 Å². The quantitative estimate of drug-likeness (QED) is 0.718. The van der Waals surface area contributed by atoms with E-state index in [1.807, 2.05) is 12.1 Å². The average molecular weight is 276 g/mol. The number of anilines is 1. The van der Waals surface area contributed by atoms with E-state index in [0.717, 1.165) is 5.76 Å². The van der Waals surface area contributed by atoms with Gasteiger partial charge in [-0.2, -0.15) is 0 Å². The van der Waals surface area contributed by atoms with Crippen molar-refractivity contribution in [2.45, 2.75) is 6.54 Å². The molecular weight excluding hydrogens is 266 g/mol. The van der Waals surface area contributed by atoms with Crippen molar-refractivity contribution >= 4 is 28.3 Å². The van der Waals surface area contributed by atoms with Crippen LogP contribution in [-0.4, -0.2) is 15.1 Å². The van der Waals surface area contributed by atoms with E-state index in [1.165, 1.54) is 12.3 Å². The number of nitrogens with one attached hydrogen (secondary N) is 1. The van der Waals surface area contributed by atoms with Gasteiger partial charge in [0.25, 0.3) is 0 Å². The molecule has 0 fully saturated rings. The van der Waals surface area contributed by atoms with Gasteiger partial charge in [0.1, 0.15) is 27.7 Å². The Hall–Kier alpha value is -2.27. The Kier molecular flexibility index (Phi) is 2.97. The smallest absolute Gasteiger partial charge is 0.145 e. The predicted octanol–water partition coefficient (Wildman–Crippen LogP) is 3.19. The summed E-state index contributed by atoms with van der Waals surface area (Å²) >= 11 is 5.94. The topological polar surface area (TPSA) is 71.2 Å². The standard InChI is InChI=1S/C13H10ClN3O2/c14-11-6-9(16-7-8-2-1-5-19-8)12-13(17-11)10(18)3-4-15-12/h1-6H,7H2,(H,15,18)(H,16,17). The van der Waals surface area contributed by atoms with E-state index in [0.29, 0.717) is 23.3 Å². The molecule has 19 heavy (non-hydrogen) atoms. The molecule has 0 bridgehead atoms. The number of hydrogen-bond acceptors (Lipinski definition) is 5. The Labute approximate surface area is 113 Å². The number of furan rings is 1. The van der Waals surface area contributed by atoms with Gasteiger partial charge in [-0.05, 0) is 12.1 Å². The number of halogens is 1. The molecule has 96 valence electrons. The van der Waals surface area contributed by atoms with Crippen LogP contribution < -0.4 is 5.32 Å². The molecule has 3 aromatic rings. The maximum absolute atomic E-state index is 9.76. The lowest BCUT2D eigenvalue weighted by molar-refractivity contribution is 0.480. The molecule has 5 nitrogen and oxygen atoms in total. The van der Waals surface area contributed by atoms with Crippen molar-refractivity contribution < 1.29 is 9.52 Å². The van der Waals surface area contributed by atoms with Crippen LogP contribution in [0.15, 0.2) is 41.1 Å². The fourth-order valence-corrected chi connectivity index (χ4v) is 2.00. The van der Waals surface area contributed by atoms with E-state index in [9.17, 15) is 5.11 Å². The third-order valence-electron chi connectivity index (χ3n) is 2.67. The van der Waals surface area contributed by atoms with Gasteiger partial charge in [-0.3, -0.25) is 4.98 Å². The molecule has 0 saturated carbocycles. The van der Waals surface area contributed by atoms with Crippen LogP contribution >= 0.6 is 11.6 Å². The van der Waals surface area contributed by atoms with Gasteiger partial charge in [-0.15, -0.1) is 0 Å². The lowest BCUT2D eigenvalue weighted by atomic mass is 10.2. The summed E-state index contributed by atoms with van der Waals surface area (Å²) in [5, 5.41) is 13.2. The van der Waals surface area contributed by atoms with Crippen molar-refractivity contribution in [1.82, 2.24) is 9.97 Å². The molecule has 3 heterocycles. The van der Waals surface area contributed by atoms with Crippen LogP contribution in [0.2, 0.25) is 5.15 Å². The summed E-state index contributed by atoms with van der Waals surface area (Å²) in [6.07, 6.45) is 3.13. The zero-order chi connectivity index (χ0) is 13.2. The molecule has 0 aliphatic carbocycles. The minimum Gasteiger partial charge on any atom is -0.506 e. The molecule has 0 atom stereocenters. The molecular formula is C13H10ClN3O2. The van der Waals surface area contributed by atoms with Crippen LogP contribution in [0, 0.1) is 0 Å². The largest absolute Gasteiger partial charge is 0.506 e. The number of aromatic nitrogens is 2. The summed E-state index contributed by atoms with van der Waals surface area (Å²) in [5.74, 6) is 0.842. The molecule has 3 aromatic heterocycles. The van der Waals surface area contributed by atoms with Crippen LogP contribution in [-0.2, 0) is 6.54 Å². The first-order chi connectivity index (χ1) is 9.24. The first-order valence-corrected chi connectivity index (χ1v) is 6.02. The Morgan fingerprint density at radius 1 is 1.32 bits per heavy atom. The molecule has 0 amide bonds. The Balaban J connectivity index is 2.00. The van der Waals surface area contributed by atoms with Crippen LogP contribution in [0.25, 0.3) is 11.0 Å². The van der Waals surface area contributed by atoms with Crippen LogP contribution in [0.3, 0.4) is 0 Å². The van der Waals surface area contributed by atoms with E-state index in [-0.39, 0.29) is 10.9 Å². The van der Waals surface area contributed by atoms with Crippen LogP contribution in [0.5, 0.6) is 5.75 Å². The molecule has 0 aromatic carbocycles. The normalized spacial score (nSPS) is 10.8. The second-order valence-electron chi connectivity index (χ2n) is 3.95. The monoisotopic (exact) mass is 275 g/mol. The summed E-state index contributed by atoms with van der Waals surface area (Å²) < 4.78 is 5.24. The number of pyridine rings is 2. The maximum atomic E-state index is 9.76. The zero-order valence-corrected chi connectivity index (χ0v) is 10.6. The van der Waals surface area contributed by atoms with Gasteiger partial charge in [-0.25, -0.2) is 4.98 Å². The lowest BCUT2D eigenvalue weighted by Gasteiger charge is -2.08. The molecule has 0 unspecified atom stereocenters. The fraction of sp³-hybridized carbons (Fsp3) is 0.0769. The van der Waals surface area contributed by atoms with Gasteiger partial charge in [0, 0.05) is 18.3 Å². The van der Waals surface area contributed by atoms with Gasteiger partial charge >= 0.3 is 0 Å². The highest BCUT2D eigenvalue weighted by Crippen LogP contribution is 2.29. The van der Waals surface area contributed by atoms with Crippen LogP contribution in [0.1, 0.15) is 5.76 Å². The van der Waals surface area contributed by atoms with Gasteiger partial charge < -0.3 is 14.8 Å². The van der Waals surface area contributed by atoms with Gasteiger partial charge in [-0.1, -0.05) is 11.6 Å². The Morgan fingerprint density at radius 2 is 2.21 bits per heavy atom. The summed E-state index contributed by atoms with van der Waals surface area (Å²) in [7, 11) is 0. The highest BCUT2D eigenvalue weighted by molar-refractivity contribution is 6.30. The number of hydrogen-bond donors (Lipinski definition) is 2. The molecule has 3 rings (SSSR count). The van der Waals surface area contributed by atoms with Crippen molar-refractivity contribution in [1.29, 1.82) is 0 Å². The zero-order valence-electron chi connectivity index (χ0n) is 9.80. The number of nitrogens with zero attached hydrogens (tertiary/aromatic N) is 2. The van der Waals surface area contributed by atoms with Gasteiger partial charge in [0.2, 0.25) is 0 Å². The molecule has 6 heteroatoms. The molecule has 0 aliphatic heterocycles. The SMILES string of the molecule is Oc1ccnc2c(NCc3ccco3)cc(Cl)nc12. The lowest BCUT2D eigenvalue weighted by Crippen LogP contribution is -2.00. The number of aromatic hydroxyl groups is 1. The minimum atomic E-state index is 0.0496. The van der Waals surface area contributed by atoms with Crippen molar-refractivity contribution in [3.8, 4) is 5.75 Å². The van der Waals surface area contributed by atoms with Gasteiger partial charge in [0.05, 0.1) is 18.5 Å². The van der Waals surface area contributed by atoms with E-state index in [4.69, 9.17) is 16.0 Å². The maximum Gasteiger partial charge on any atom is 0.145 e. The first-order valence-electron chi connectivity index (χ1n) is 5.64. The van der Waals surface area contributed by atoms with E-state index >= 15 is 0 Å². The Morgan fingerprint density at radius 3 is 3.00 bits per heavy atom. The highest BCUT2D eigenvalue weighted by atomic mass is 35.5. The van der Waals surface area contributed by atoms with Crippen LogP contribution in [0.4, 0.5) is 5.69 Å². The van der Waals surface area contributed by atoms with Crippen molar-refractivity contribution in [2.24, 2.45) is 0 Å². The molecule has 0 spiro atoms. The van der Waals surface area contributed by atoms with Crippen molar-refractivity contribution in [3.05, 3.63) is 47.6 Å². The summed E-state index contributed by atoms with van der Waals surface area (Å²) in [4.78, 5) is 8.28. The highest BCUT2D eigenvalue weighted by Gasteiger charge is 2.09. The van der Waals surface area contributed by atoms with E-state index in [2.05, 4.69) is 15.3 Å². The third-order valence-corrected chi connectivity index (χ3v) is 2.87. The average Bonchev–Trinajstić information content (AvgIpc) is 2.90. The second-order valence-corrected chi connectivity index (χ2v) is 4.34. The summed E-state index contributed by atoms with van der Waals surface area (Å²) in [6.45, 7) is 0.500. The molecule has 0 aliphatic rings. The third kappa shape index (κ3) is 2.32. The summed E-state index contributed by atoms with van der Waals surface area (Å²) in [5.41, 5.74) is 1.63. The van der Waals surface area contributed by atoms with Crippen molar-refractivity contribution in [3.63, 3.8) is 0 Å². The first kappa shape index (κ1) is 11.8. The second kappa shape index (κ2) is 4.78. The van der Waals surface area contributed by atoms with E-state index in [1.54, 1.807) is 12.3 Å². The predicted molar refractivity (Wildman–Crippen MR) is 72.2 cm³/mol. The van der Waals surface area contributed by atoms with Crippen molar-refractivity contribution in [2.75, 3.05) is 5.32 Å². The minimum absolute atomic E-state index is 0.0496. The fourth-order valence-electron chi connectivity index (χ4n) is 1.81. The Bertz CT molecular complexity index is 713. The molecule has 2 N–H and O–H groups in total. The molecule has 0 radical (unpaired) electrons. The summed E-state index contributed by atoms with van der Waals surface area (Å²) in [6, 6.07) is 6.82. The van der Waals surface area contributed by atoms with E-state index < -0.39 is 0 Å². The molecule has 0 saturated heterocycles. The number of fused-ring (bicyclic) bond motifs is 1. The number of rotatable bonds is 3.